The first kappa shape index (κ1) is 12.1. The van der Waals surface area contributed by atoms with E-state index in [1.165, 1.54) is 14.9 Å². The summed E-state index contributed by atoms with van der Waals surface area (Å²) in [5.41, 5.74) is 0.578. The second-order valence-corrected chi connectivity index (χ2v) is 6.30. The van der Waals surface area contributed by atoms with E-state index < -0.39 is 10.0 Å². The van der Waals surface area contributed by atoms with Crippen LogP contribution in [0.4, 0.5) is 0 Å². The Balaban J connectivity index is 2.11. The Labute approximate surface area is 111 Å². The van der Waals surface area contributed by atoms with Crippen LogP contribution in [0.5, 0.6) is 0 Å². The highest BCUT2D eigenvalue weighted by Crippen LogP contribution is 2.31. The molecule has 0 aromatic carbocycles. The van der Waals surface area contributed by atoms with Crippen molar-refractivity contribution >= 4 is 15.7 Å². The minimum atomic E-state index is -3.67. The fourth-order valence-corrected chi connectivity index (χ4v) is 3.72. The number of rotatable bonds is 4. The minimum absolute atomic E-state index is 0.0427. The smallest absolute Gasteiger partial charge is 0.261 e. The minimum Gasteiger partial charge on any atom is -0.289 e. The van der Waals surface area contributed by atoms with E-state index in [0.717, 1.165) is 12.8 Å². The molecule has 1 aliphatic carbocycles. The molecule has 0 spiro atoms. The van der Waals surface area contributed by atoms with Crippen LogP contribution < -0.4 is 0 Å². The van der Waals surface area contributed by atoms with Gasteiger partial charge in [-0.25, -0.2) is 13.4 Å². The number of hydrogen-bond acceptors (Lipinski definition) is 4. The topological polar surface area (TPSA) is 78.5 Å². The number of aromatic nitrogens is 2. The number of sulfonamides is 1. The largest absolute Gasteiger partial charge is 0.289 e. The third-order valence-electron chi connectivity index (χ3n) is 3.14. The summed E-state index contributed by atoms with van der Waals surface area (Å²) in [6.07, 6.45) is 4.64. The quantitative estimate of drug-likeness (QED) is 0.781. The molecule has 0 amide bonds. The molecule has 1 saturated carbocycles. The van der Waals surface area contributed by atoms with Crippen molar-refractivity contribution in [2.75, 3.05) is 6.54 Å². The van der Waals surface area contributed by atoms with Crippen molar-refractivity contribution < 1.29 is 8.42 Å². The van der Waals surface area contributed by atoms with E-state index >= 15 is 0 Å². The maximum Gasteiger partial charge on any atom is 0.261 e. The molecule has 0 saturated heterocycles. The Kier molecular flexibility index (Phi) is 2.77. The monoisotopic (exact) mass is 276 g/mol. The predicted molar refractivity (Wildman–Crippen MR) is 67.7 cm³/mol. The Hall–Kier alpha value is -1.91. The second kappa shape index (κ2) is 4.33. The molecule has 1 aliphatic rings. The molecule has 0 aliphatic heterocycles. The van der Waals surface area contributed by atoms with Crippen molar-refractivity contribution in [2.24, 2.45) is 0 Å². The van der Waals surface area contributed by atoms with Crippen molar-refractivity contribution in [3.63, 3.8) is 0 Å². The van der Waals surface area contributed by atoms with Crippen LogP contribution in [0.3, 0.4) is 0 Å². The number of hydrogen-bond donors (Lipinski definition) is 0. The maximum atomic E-state index is 12.6. The number of imidazole rings is 1. The van der Waals surface area contributed by atoms with E-state index in [9.17, 15) is 8.42 Å². The summed E-state index contributed by atoms with van der Waals surface area (Å²) in [6.45, 7) is -0.118. The zero-order chi connectivity index (χ0) is 13.5. The molecular formula is C12H12N4O2S. The molecule has 0 N–H and O–H groups in total. The molecule has 7 heteroatoms. The number of nitriles is 1. The predicted octanol–water partition coefficient (Wildman–Crippen LogP) is 1.01. The van der Waals surface area contributed by atoms with E-state index in [2.05, 4.69) is 4.98 Å². The van der Waals surface area contributed by atoms with Crippen LogP contribution in [0, 0.1) is 11.3 Å². The average Bonchev–Trinajstić information content (AvgIpc) is 3.13. The number of nitrogens with zero attached hydrogens (tertiary/aromatic N) is 4. The lowest BCUT2D eigenvalue weighted by atomic mass is 10.5. The summed E-state index contributed by atoms with van der Waals surface area (Å²) in [5.74, 6) is 0. The van der Waals surface area contributed by atoms with Gasteiger partial charge in [0.15, 0.2) is 5.03 Å². The van der Waals surface area contributed by atoms with Gasteiger partial charge in [-0.2, -0.15) is 9.57 Å². The fraction of sp³-hybridized carbons (Fsp3) is 0.333. The van der Waals surface area contributed by atoms with Crippen molar-refractivity contribution in [3.8, 4) is 6.07 Å². The summed E-state index contributed by atoms with van der Waals surface area (Å²) in [5, 5.41) is 8.92. The number of fused-ring (bicyclic) bond motifs is 1. The molecule has 0 radical (unpaired) electrons. The highest BCUT2D eigenvalue weighted by molar-refractivity contribution is 7.89. The highest BCUT2D eigenvalue weighted by Gasteiger charge is 2.39. The lowest BCUT2D eigenvalue weighted by molar-refractivity contribution is 0.436. The molecule has 19 heavy (non-hydrogen) atoms. The SMILES string of the molecule is N#CCN(C1CC1)S(=O)(=O)c1cnc2ccccn12. The van der Waals surface area contributed by atoms with Gasteiger partial charge in [0.1, 0.15) is 12.2 Å². The fourth-order valence-electron chi connectivity index (χ4n) is 2.06. The van der Waals surface area contributed by atoms with Crippen LogP contribution in [-0.4, -0.2) is 34.7 Å². The van der Waals surface area contributed by atoms with Gasteiger partial charge < -0.3 is 0 Å². The summed E-state index contributed by atoms with van der Waals surface area (Å²) in [4.78, 5) is 4.08. The van der Waals surface area contributed by atoms with Gasteiger partial charge >= 0.3 is 0 Å². The molecule has 2 aromatic rings. The molecule has 1 fully saturated rings. The lowest BCUT2D eigenvalue weighted by Crippen LogP contribution is -2.34. The Morgan fingerprint density at radius 1 is 1.47 bits per heavy atom. The van der Waals surface area contributed by atoms with Crippen molar-refractivity contribution in [3.05, 3.63) is 30.6 Å². The van der Waals surface area contributed by atoms with Gasteiger partial charge in [-0.3, -0.25) is 4.40 Å². The van der Waals surface area contributed by atoms with E-state index in [4.69, 9.17) is 5.26 Å². The molecule has 0 atom stereocenters. The van der Waals surface area contributed by atoms with Crippen LogP contribution in [0.25, 0.3) is 5.65 Å². The summed E-state index contributed by atoms with van der Waals surface area (Å²) in [7, 11) is -3.67. The molecule has 0 bridgehead atoms. The average molecular weight is 276 g/mol. The van der Waals surface area contributed by atoms with E-state index in [1.54, 1.807) is 24.4 Å². The molecule has 2 heterocycles. The Morgan fingerprint density at radius 2 is 2.26 bits per heavy atom. The van der Waals surface area contributed by atoms with Gasteiger partial charge in [0.25, 0.3) is 10.0 Å². The summed E-state index contributed by atoms with van der Waals surface area (Å²) in [6, 6.07) is 7.17. The van der Waals surface area contributed by atoms with Gasteiger partial charge in [0.2, 0.25) is 0 Å². The van der Waals surface area contributed by atoms with Crippen molar-refractivity contribution in [1.29, 1.82) is 5.26 Å². The lowest BCUT2D eigenvalue weighted by Gasteiger charge is -2.17. The van der Waals surface area contributed by atoms with Crippen molar-refractivity contribution in [2.45, 2.75) is 23.9 Å². The van der Waals surface area contributed by atoms with Crippen LogP contribution in [0.1, 0.15) is 12.8 Å². The van der Waals surface area contributed by atoms with Gasteiger partial charge in [0, 0.05) is 12.2 Å². The molecule has 2 aromatic heterocycles. The van der Waals surface area contributed by atoms with Gasteiger partial charge in [-0.15, -0.1) is 0 Å². The third-order valence-corrected chi connectivity index (χ3v) is 5.01. The first-order valence-electron chi connectivity index (χ1n) is 5.95. The van der Waals surface area contributed by atoms with Crippen molar-refractivity contribution in [1.82, 2.24) is 13.7 Å². The van der Waals surface area contributed by atoms with E-state index in [1.807, 2.05) is 6.07 Å². The van der Waals surface area contributed by atoms with Crippen LogP contribution in [-0.2, 0) is 10.0 Å². The second-order valence-electron chi connectivity index (χ2n) is 4.46. The normalized spacial score (nSPS) is 15.8. The Bertz CT molecular complexity index is 755. The van der Waals surface area contributed by atoms with Crippen LogP contribution >= 0.6 is 0 Å². The molecule has 98 valence electrons. The third kappa shape index (κ3) is 1.99. The summed E-state index contributed by atoms with van der Waals surface area (Å²) >= 11 is 0. The molecule has 3 rings (SSSR count). The standard InChI is InChI=1S/C12H12N4O2S/c13-6-8-16(10-4-5-10)19(17,18)12-9-14-11-3-1-2-7-15(11)12/h1-3,7,9-10H,4-5,8H2. The first-order valence-corrected chi connectivity index (χ1v) is 7.39. The highest BCUT2D eigenvalue weighted by atomic mass is 32.2. The Morgan fingerprint density at radius 3 is 2.95 bits per heavy atom. The number of pyridine rings is 1. The molecular weight excluding hydrogens is 264 g/mol. The summed E-state index contributed by atoms with van der Waals surface area (Å²) < 4.78 is 28.0. The zero-order valence-corrected chi connectivity index (χ0v) is 10.9. The van der Waals surface area contributed by atoms with Gasteiger partial charge in [-0.1, -0.05) is 6.07 Å². The maximum absolute atomic E-state index is 12.6. The first-order chi connectivity index (χ1) is 9.14. The van der Waals surface area contributed by atoms with Crippen LogP contribution in [0.15, 0.2) is 35.6 Å². The molecule has 6 nitrogen and oxygen atoms in total. The van der Waals surface area contributed by atoms with Crippen LogP contribution in [0.2, 0.25) is 0 Å². The van der Waals surface area contributed by atoms with Gasteiger partial charge in [-0.05, 0) is 25.0 Å². The van der Waals surface area contributed by atoms with Gasteiger partial charge in [0.05, 0.1) is 12.3 Å². The zero-order valence-electron chi connectivity index (χ0n) is 10.1. The van der Waals surface area contributed by atoms with E-state index in [-0.39, 0.29) is 17.6 Å². The molecule has 0 unspecified atom stereocenters. The van der Waals surface area contributed by atoms with E-state index in [0.29, 0.717) is 5.65 Å².